The van der Waals surface area contributed by atoms with Crippen molar-refractivity contribution in [2.24, 2.45) is 11.7 Å². The van der Waals surface area contributed by atoms with E-state index in [1.54, 1.807) is 12.1 Å². The average Bonchev–Trinajstić information content (AvgIpc) is 2.54. The third kappa shape index (κ3) is 6.51. The molecule has 1 unspecified atom stereocenters. The fourth-order valence-electron chi connectivity index (χ4n) is 2.35. The van der Waals surface area contributed by atoms with Crippen molar-refractivity contribution in [2.75, 3.05) is 12.4 Å². The Hall–Kier alpha value is -1.28. The molecular formula is C17H25ClN2O4S. The number of halogens is 1. The molecule has 8 heteroatoms. The third-order valence-corrected chi connectivity index (χ3v) is 5.70. The molecule has 2 atom stereocenters. The minimum absolute atomic E-state index is 0.0694. The summed E-state index contributed by atoms with van der Waals surface area (Å²) in [6, 6.07) is 5.30. The van der Waals surface area contributed by atoms with Crippen molar-refractivity contribution < 1.29 is 18.0 Å². The van der Waals surface area contributed by atoms with Crippen LogP contribution >= 0.6 is 11.6 Å². The molecule has 0 spiro atoms. The normalized spacial score (nSPS) is 14.1. The Balaban J connectivity index is 3.04. The maximum absolute atomic E-state index is 12.6. The highest BCUT2D eigenvalue weighted by molar-refractivity contribution is 7.89. The summed E-state index contributed by atoms with van der Waals surface area (Å²) in [6.45, 7) is 3.56. The van der Waals surface area contributed by atoms with E-state index in [4.69, 9.17) is 17.3 Å². The summed E-state index contributed by atoms with van der Waals surface area (Å²) >= 11 is 5.73. The first-order chi connectivity index (χ1) is 11.7. The summed E-state index contributed by atoms with van der Waals surface area (Å²) < 4.78 is 27.6. The molecule has 0 aliphatic carbocycles. The molecule has 25 heavy (non-hydrogen) atoms. The molecule has 0 aliphatic heterocycles. The number of nitrogens with two attached hydrogens (primary N) is 1. The fourth-order valence-corrected chi connectivity index (χ4v) is 3.96. The van der Waals surface area contributed by atoms with E-state index >= 15 is 0 Å². The molecule has 0 fully saturated rings. The molecule has 6 nitrogen and oxygen atoms in total. The van der Waals surface area contributed by atoms with Gasteiger partial charge in [0.05, 0.1) is 16.9 Å². The Morgan fingerprint density at radius 3 is 2.28 bits per heavy atom. The second-order valence-electron chi connectivity index (χ2n) is 5.99. The quantitative estimate of drug-likeness (QED) is 0.341. The van der Waals surface area contributed by atoms with E-state index in [1.165, 1.54) is 19.1 Å². The topological polar surface area (TPSA) is 106 Å². The van der Waals surface area contributed by atoms with Crippen LogP contribution in [0.5, 0.6) is 0 Å². The third-order valence-electron chi connectivity index (χ3n) is 3.91. The van der Waals surface area contributed by atoms with Crippen LogP contribution < -0.4 is 10.5 Å². The van der Waals surface area contributed by atoms with E-state index in [9.17, 15) is 18.0 Å². The van der Waals surface area contributed by atoms with Crippen LogP contribution in [0.25, 0.3) is 0 Å². The van der Waals surface area contributed by atoms with Crippen molar-refractivity contribution in [1.29, 1.82) is 0 Å². The summed E-state index contributed by atoms with van der Waals surface area (Å²) in [5, 5.41) is 0. The number of hydrogen-bond acceptors (Lipinski definition) is 5. The standard InChI is InChI=1S/C17H25ClN2O4S/c1-12-6-8-14(9-7-12)25(23,24)20-16(5-3-4-10-19)17(22)15(11-18)13(2)21/h6-9,15-16,20H,3-5,10-11,19H2,1-2H3/t15?,16-/m0/s1. The zero-order valence-electron chi connectivity index (χ0n) is 14.5. The summed E-state index contributed by atoms with van der Waals surface area (Å²) in [5.74, 6) is -2.08. The van der Waals surface area contributed by atoms with Gasteiger partial charge in [-0.2, -0.15) is 0 Å². The Labute approximate surface area is 154 Å². The zero-order valence-corrected chi connectivity index (χ0v) is 16.1. The van der Waals surface area contributed by atoms with Gasteiger partial charge in [0.25, 0.3) is 0 Å². The predicted octanol–water partition coefficient (Wildman–Crippen LogP) is 1.78. The van der Waals surface area contributed by atoms with Crippen molar-refractivity contribution in [2.45, 2.75) is 44.0 Å². The number of hydrogen-bond donors (Lipinski definition) is 2. The molecule has 1 aromatic carbocycles. The van der Waals surface area contributed by atoms with E-state index in [0.29, 0.717) is 19.4 Å². The first-order valence-electron chi connectivity index (χ1n) is 8.12. The lowest BCUT2D eigenvalue weighted by Gasteiger charge is -2.21. The number of Topliss-reactive ketones (excluding diaryl/α,β-unsaturated/α-hetero) is 2. The lowest BCUT2D eigenvalue weighted by Crippen LogP contribution is -2.45. The lowest BCUT2D eigenvalue weighted by atomic mass is 9.94. The van der Waals surface area contributed by atoms with Gasteiger partial charge in [-0.3, -0.25) is 9.59 Å². The van der Waals surface area contributed by atoms with E-state index in [2.05, 4.69) is 4.72 Å². The molecule has 0 saturated heterocycles. The van der Waals surface area contributed by atoms with Gasteiger partial charge in [-0.1, -0.05) is 24.1 Å². The lowest BCUT2D eigenvalue weighted by molar-refractivity contribution is -0.131. The molecule has 0 radical (unpaired) electrons. The summed E-state index contributed by atoms with van der Waals surface area (Å²) in [5.41, 5.74) is 6.38. The Morgan fingerprint density at radius 2 is 1.80 bits per heavy atom. The Kier molecular flexibility index (Phi) is 8.71. The molecule has 0 aromatic heterocycles. The molecule has 140 valence electrons. The summed E-state index contributed by atoms with van der Waals surface area (Å²) in [7, 11) is -3.88. The van der Waals surface area contributed by atoms with Gasteiger partial charge in [-0.05, 0) is 45.4 Å². The minimum atomic E-state index is -3.88. The maximum Gasteiger partial charge on any atom is 0.241 e. The van der Waals surface area contributed by atoms with Gasteiger partial charge in [-0.25, -0.2) is 13.1 Å². The first-order valence-corrected chi connectivity index (χ1v) is 10.1. The highest BCUT2D eigenvalue weighted by Crippen LogP contribution is 2.16. The number of benzene rings is 1. The van der Waals surface area contributed by atoms with E-state index in [0.717, 1.165) is 5.56 Å². The van der Waals surface area contributed by atoms with Crippen molar-refractivity contribution in [3.05, 3.63) is 29.8 Å². The fraction of sp³-hybridized carbons (Fsp3) is 0.529. The molecule has 1 aromatic rings. The minimum Gasteiger partial charge on any atom is -0.330 e. The van der Waals surface area contributed by atoms with Gasteiger partial charge >= 0.3 is 0 Å². The summed E-state index contributed by atoms with van der Waals surface area (Å²) in [4.78, 5) is 24.3. The Bertz CT molecular complexity index is 689. The zero-order chi connectivity index (χ0) is 19.0. The number of unbranched alkanes of at least 4 members (excludes halogenated alkanes) is 1. The van der Waals surface area contributed by atoms with Crippen LogP contribution in [-0.2, 0) is 19.6 Å². The van der Waals surface area contributed by atoms with Gasteiger partial charge in [0.15, 0.2) is 5.78 Å². The molecule has 0 bridgehead atoms. The van der Waals surface area contributed by atoms with Crippen LogP contribution in [0.1, 0.15) is 31.7 Å². The van der Waals surface area contributed by atoms with Crippen LogP contribution in [0.15, 0.2) is 29.2 Å². The summed E-state index contributed by atoms with van der Waals surface area (Å²) in [6.07, 6.45) is 1.49. The number of rotatable bonds is 11. The molecule has 0 saturated carbocycles. The van der Waals surface area contributed by atoms with Gasteiger partial charge in [-0.15, -0.1) is 11.6 Å². The van der Waals surface area contributed by atoms with Crippen molar-refractivity contribution in [3.8, 4) is 0 Å². The highest BCUT2D eigenvalue weighted by Gasteiger charge is 2.32. The monoisotopic (exact) mass is 388 g/mol. The Morgan fingerprint density at radius 1 is 1.20 bits per heavy atom. The number of ketones is 2. The molecule has 0 heterocycles. The number of aryl methyl sites for hydroxylation is 1. The largest absolute Gasteiger partial charge is 0.330 e. The maximum atomic E-state index is 12.6. The van der Waals surface area contributed by atoms with Crippen LogP contribution in [0.3, 0.4) is 0 Å². The molecule has 3 N–H and O–H groups in total. The van der Waals surface area contributed by atoms with E-state index in [1.807, 2.05) is 6.92 Å². The smallest absolute Gasteiger partial charge is 0.241 e. The predicted molar refractivity (Wildman–Crippen MR) is 98.1 cm³/mol. The molecule has 0 amide bonds. The highest BCUT2D eigenvalue weighted by atomic mass is 35.5. The van der Waals surface area contributed by atoms with Crippen LogP contribution in [0.2, 0.25) is 0 Å². The number of alkyl halides is 1. The first kappa shape index (κ1) is 21.8. The van der Waals surface area contributed by atoms with Crippen LogP contribution in [0, 0.1) is 12.8 Å². The van der Waals surface area contributed by atoms with E-state index in [-0.39, 0.29) is 23.0 Å². The van der Waals surface area contributed by atoms with Gasteiger partial charge in [0.2, 0.25) is 10.0 Å². The molecule has 1 rings (SSSR count). The van der Waals surface area contributed by atoms with Crippen molar-refractivity contribution >= 4 is 33.2 Å². The van der Waals surface area contributed by atoms with E-state index < -0.39 is 27.8 Å². The van der Waals surface area contributed by atoms with Gasteiger partial charge < -0.3 is 5.73 Å². The second kappa shape index (κ2) is 10.0. The number of sulfonamides is 1. The van der Waals surface area contributed by atoms with Crippen LogP contribution in [-0.4, -0.2) is 38.5 Å². The van der Waals surface area contributed by atoms with Gasteiger partial charge in [0, 0.05) is 5.88 Å². The van der Waals surface area contributed by atoms with Crippen molar-refractivity contribution in [1.82, 2.24) is 4.72 Å². The second-order valence-corrected chi connectivity index (χ2v) is 8.01. The number of carbonyl (C=O) groups excluding carboxylic acids is 2. The van der Waals surface area contributed by atoms with Crippen LogP contribution in [0.4, 0.5) is 0 Å². The number of nitrogens with one attached hydrogen (secondary N) is 1. The number of carbonyl (C=O) groups is 2. The SMILES string of the molecule is CC(=O)C(CCl)C(=O)[C@H](CCCCN)NS(=O)(=O)c1ccc(C)cc1. The average molecular weight is 389 g/mol. The molecular weight excluding hydrogens is 364 g/mol. The van der Waals surface area contributed by atoms with Crippen molar-refractivity contribution in [3.63, 3.8) is 0 Å². The molecule has 0 aliphatic rings. The van der Waals surface area contributed by atoms with Gasteiger partial charge in [0.1, 0.15) is 5.78 Å².